The first-order valence-corrected chi connectivity index (χ1v) is 27.9. The van der Waals surface area contributed by atoms with E-state index >= 15 is 0 Å². The fourth-order valence-corrected chi connectivity index (χ4v) is 27.8. The van der Waals surface area contributed by atoms with E-state index in [4.69, 9.17) is 9.97 Å². The molecule has 0 radical (unpaired) electrons. The van der Waals surface area contributed by atoms with Gasteiger partial charge in [0.1, 0.15) is 0 Å². The maximum absolute atomic E-state index is 4.94. The van der Waals surface area contributed by atoms with Gasteiger partial charge < -0.3 is 0 Å². The van der Waals surface area contributed by atoms with E-state index in [1.54, 1.807) is 10.3 Å². The van der Waals surface area contributed by atoms with Gasteiger partial charge in [0, 0.05) is 0 Å². The Morgan fingerprint density at radius 2 is 0.675 bits per heavy atom. The zero-order chi connectivity index (χ0) is 28.5. The van der Waals surface area contributed by atoms with Crippen molar-refractivity contribution < 1.29 is 34.1 Å². The number of para-hydroxylation sites is 2. The van der Waals surface area contributed by atoms with Crippen LogP contribution < -0.4 is 0 Å². The molecule has 0 aliphatic carbocycles. The fourth-order valence-electron chi connectivity index (χ4n) is 6.20. The van der Waals surface area contributed by atoms with E-state index in [0.717, 1.165) is 11.0 Å². The van der Waals surface area contributed by atoms with Crippen LogP contribution in [0.5, 0.6) is 0 Å². The molecule has 0 spiro atoms. The SMILES string of the molecule is C[Si](C)(C)[C-](c1ccc2ccccc2n1)[Si](C)(C)C.C[Si](C)(C)[C-](c1ccc2ccccc2n1)[Si](C)(C)C.[Cu+].[Cu+]. The third-order valence-electron chi connectivity index (χ3n) is 6.71. The molecule has 8 heteroatoms. The predicted molar refractivity (Wildman–Crippen MR) is 182 cm³/mol. The molecule has 0 N–H and O–H groups in total. The van der Waals surface area contributed by atoms with Crippen molar-refractivity contribution >= 4 is 54.1 Å². The number of aromatic nitrogens is 2. The zero-order valence-corrected chi connectivity index (χ0v) is 32.3. The number of rotatable bonds is 6. The van der Waals surface area contributed by atoms with Crippen molar-refractivity contribution in [3.63, 3.8) is 0 Å². The quantitative estimate of drug-likeness (QED) is 0.148. The average Bonchev–Trinajstić information content (AvgIpc) is 2.75. The van der Waals surface area contributed by atoms with Gasteiger partial charge in [-0.15, -0.1) is 12.1 Å². The maximum Gasteiger partial charge on any atom is 1.00 e. The molecule has 2 aromatic carbocycles. The van der Waals surface area contributed by atoms with Gasteiger partial charge in [0.15, 0.2) is 0 Å². The Morgan fingerprint density at radius 1 is 0.400 bits per heavy atom. The van der Waals surface area contributed by atoms with Crippen molar-refractivity contribution in [1.29, 1.82) is 0 Å². The molecule has 0 saturated heterocycles. The van der Waals surface area contributed by atoms with Gasteiger partial charge in [-0.1, -0.05) is 126 Å². The van der Waals surface area contributed by atoms with Crippen molar-refractivity contribution in [3.8, 4) is 0 Å². The van der Waals surface area contributed by atoms with E-state index in [0.29, 0.717) is 0 Å². The molecular formula is C32H48Cu2N2Si4. The van der Waals surface area contributed by atoms with Crippen LogP contribution in [0.15, 0.2) is 72.8 Å². The largest absolute Gasteiger partial charge is 1.00 e. The van der Waals surface area contributed by atoms with E-state index in [2.05, 4.69) is 151 Å². The average molecular weight is 700 g/mol. The van der Waals surface area contributed by atoms with E-state index in [-0.39, 0.29) is 34.1 Å². The van der Waals surface area contributed by atoms with Gasteiger partial charge in [-0.05, 0) is 55.2 Å². The van der Waals surface area contributed by atoms with Gasteiger partial charge >= 0.3 is 34.1 Å². The first-order valence-electron chi connectivity index (χ1n) is 13.9. The third-order valence-corrected chi connectivity index (χ3v) is 22.7. The maximum atomic E-state index is 4.94. The summed E-state index contributed by atoms with van der Waals surface area (Å²) in [5, 5.41) is 5.84. The summed E-state index contributed by atoms with van der Waals surface area (Å²) in [5.74, 6) is 0. The predicted octanol–water partition coefficient (Wildman–Crippen LogP) is 9.82. The number of hydrogen-bond acceptors (Lipinski definition) is 2. The Morgan fingerprint density at radius 3 is 0.950 bits per heavy atom. The molecule has 0 aliphatic rings. The Labute approximate surface area is 269 Å². The first-order chi connectivity index (χ1) is 17.4. The molecule has 0 aliphatic heterocycles. The molecule has 0 fully saturated rings. The van der Waals surface area contributed by atoms with Crippen LogP contribution in [0.25, 0.3) is 21.8 Å². The van der Waals surface area contributed by atoms with Crippen LogP contribution in [0.2, 0.25) is 78.6 Å². The third kappa shape index (κ3) is 9.46. The van der Waals surface area contributed by atoms with Crippen LogP contribution in [-0.2, 0) is 34.1 Å². The molecule has 2 aromatic heterocycles. The molecule has 0 atom stereocenters. The summed E-state index contributed by atoms with van der Waals surface area (Å²) >= 11 is 0. The fraction of sp³-hybridized carbons (Fsp3) is 0.375. The topological polar surface area (TPSA) is 25.8 Å². The van der Waals surface area contributed by atoms with Gasteiger partial charge in [0.2, 0.25) is 0 Å². The first kappa shape index (κ1) is 36.9. The van der Waals surface area contributed by atoms with Crippen molar-refractivity contribution in [2.24, 2.45) is 0 Å². The Hall–Kier alpha value is -1.09. The molecule has 2 heterocycles. The van der Waals surface area contributed by atoms with E-state index in [1.165, 1.54) is 22.2 Å². The summed E-state index contributed by atoms with van der Waals surface area (Å²) in [6.07, 6.45) is 0. The molecule has 0 saturated carbocycles. The van der Waals surface area contributed by atoms with Crippen LogP contribution in [0.3, 0.4) is 0 Å². The van der Waals surface area contributed by atoms with Crippen LogP contribution in [0.4, 0.5) is 0 Å². The second-order valence-electron chi connectivity index (χ2n) is 14.5. The molecule has 0 unspecified atom stereocenters. The molecule has 4 rings (SSSR count). The number of pyridine rings is 2. The molecule has 0 amide bonds. The van der Waals surface area contributed by atoms with Crippen molar-refractivity contribution in [3.05, 3.63) is 94.5 Å². The summed E-state index contributed by atoms with van der Waals surface area (Å²) in [4.78, 5) is 9.88. The monoisotopic (exact) mass is 698 g/mol. The van der Waals surface area contributed by atoms with Gasteiger partial charge in [-0.25, -0.2) is 0 Å². The second kappa shape index (κ2) is 13.9. The van der Waals surface area contributed by atoms with Gasteiger partial charge in [0.05, 0.1) is 11.0 Å². The van der Waals surface area contributed by atoms with Gasteiger partial charge in [-0.3, -0.25) is 9.97 Å². The Balaban J connectivity index is 0.000000381. The molecule has 2 nitrogen and oxygen atoms in total. The summed E-state index contributed by atoms with van der Waals surface area (Å²) in [5.41, 5.74) is 4.73. The summed E-state index contributed by atoms with van der Waals surface area (Å²) in [7, 11) is -5.34. The number of nitrogens with zero attached hydrogens (tertiary/aromatic N) is 2. The van der Waals surface area contributed by atoms with Crippen molar-refractivity contribution in [1.82, 2.24) is 9.97 Å². The molecule has 40 heavy (non-hydrogen) atoms. The second-order valence-corrected chi connectivity index (χ2v) is 35.5. The Kier molecular flexibility index (Phi) is 12.9. The van der Waals surface area contributed by atoms with E-state index in [9.17, 15) is 0 Å². The van der Waals surface area contributed by atoms with E-state index < -0.39 is 32.3 Å². The summed E-state index contributed by atoms with van der Waals surface area (Å²) in [6, 6.07) is 25.7. The molecule has 4 aromatic rings. The number of fused-ring (bicyclic) bond motifs is 2. The standard InChI is InChI=1S/2C16H24NSi2.2Cu/c2*1-18(2,3)16(19(4,5)6)15-12-11-13-9-7-8-10-14(13)17-15;;/h2*7-12H,1-6H3;;/q2*-1;2*+1. The Bertz CT molecular complexity index is 1250. The zero-order valence-electron chi connectivity index (χ0n) is 26.4. The number of benzene rings is 2. The normalized spacial score (nSPS) is 12.1. The van der Waals surface area contributed by atoms with Crippen LogP contribution in [-0.4, -0.2) is 42.3 Å². The molecule has 0 bridgehead atoms. The molecular weight excluding hydrogens is 652 g/mol. The van der Waals surface area contributed by atoms with Crippen molar-refractivity contribution in [2.75, 3.05) is 0 Å². The number of hydrogen-bond donors (Lipinski definition) is 0. The van der Waals surface area contributed by atoms with Crippen molar-refractivity contribution in [2.45, 2.75) is 78.6 Å². The van der Waals surface area contributed by atoms with E-state index in [1.807, 2.05) is 0 Å². The molecule has 224 valence electrons. The van der Waals surface area contributed by atoms with Crippen LogP contribution in [0.1, 0.15) is 11.4 Å². The smallest absolute Gasteiger partial charge is 0.287 e. The van der Waals surface area contributed by atoms with Gasteiger partial charge in [-0.2, -0.15) is 22.5 Å². The van der Waals surface area contributed by atoms with Crippen LogP contribution in [0, 0.1) is 10.3 Å². The minimum atomic E-state index is -1.33. The summed E-state index contributed by atoms with van der Waals surface area (Å²) < 4.78 is 0. The van der Waals surface area contributed by atoms with Crippen LogP contribution >= 0.6 is 0 Å². The minimum Gasteiger partial charge on any atom is -0.287 e. The minimum absolute atomic E-state index is 0. The summed E-state index contributed by atoms with van der Waals surface area (Å²) in [6.45, 7) is 29.3. The van der Waals surface area contributed by atoms with Gasteiger partial charge in [0.25, 0.3) is 0 Å².